The Hall–Kier alpha value is -2.48. The molecule has 5 rings (SSSR count). The highest BCUT2D eigenvalue weighted by Crippen LogP contribution is 2.43. The average Bonchev–Trinajstić information content (AvgIpc) is 2.97. The lowest BCUT2D eigenvalue weighted by Crippen LogP contribution is -2.44. The predicted molar refractivity (Wildman–Crippen MR) is 130 cm³/mol. The van der Waals surface area contributed by atoms with Crippen molar-refractivity contribution in [1.29, 1.82) is 0 Å². The monoisotopic (exact) mass is 502 g/mol. The van der Waals surface area contributed by atoms with Crippen molar-refractivity contribution in [2.24, 2.45) is 5.92 Å². The molecule has 8 heteroatoms. The van der Waals surface area contributed by atoms with Gasteiger partial charge in [0.25, 0.3) is 0 Å². The van der Waals surface area contributed by atoms with E-state index in [4.69, 9.17) is 11.6 Å². The molecule has 0 bridgehead atoms. The second-order valence-electron chi connectivity index (χ2n) is 9.04. The quantitative estimate of drug-likeness (QED) is 0.481. The van der Waals surface area contributed by atoms with E-state index in [2.05, 4.69) is 4.72 Å². The number of anilines is 1. The van der Waals surface area contributed by atoms with Crippen LogP contribution in [-0.4, -0.2) is 25.8 Å². The van der Waals surface area contributed by atoms with E-state index in [1.54, 1.807) is 36.4 Å². The van der Waals surface area contributed by atoms with Gasteiger partial charge in [-0.05, 0) is 102 Å². The van der Waals surface area contributed by atoms with E-state index in [1.165, 1.54) is 16.4 Å². The van der Waals surface area contributed by atoms with Gasteiger partial charge < -0.3 is 0 Å². The number of piperidine rings is 1. The standard InChI is InChI=1S/C26H25ClF2N2O2S/c27-20-5-9-23(10-6-20)30-34(32,33)31-13-1-2-19(16-31)26-24-11-7-21(28)14-17(24)3-4-18-15-22(29)8-12-25(18)26/h5-12,14-15,19,26,30H,1-4,13,16H2. The summed E-state index contributed by atoms with van der Waals surface area (Å²) in [6, 6.07) is 16.2. The maximum Gasteiger partial charge on any atom is 0.301 e. The number of rotatable bonds is 4. The van der Waals surface area contributed by atoms with Crippen molar-refractivity contribution in [1.82, 2.24) is 4.31 Å². The fourth-order valence-electron chi connectivity index (χ4n) is 5.33. The van der Waals surface area contributed by atoms with Gasteiger partial charge in [0.1, 0.15) is 11.6 Å². The zero-order chi connectivity index (χ0) is 23.9. The smallest absolute Gasteiger partial charge is 0.271 e. The molecule has 0 spiro atoms. The zero-order valence-corrected chi connectivity index (χ0v) is 20.0. The molecule has 1 N–H and O–H groups in total. The lowest BCUT2D eigenvalue weighted by molar-refractivity contribution is 0.249. The molecule has 3 aromatic rings. The molecule has 3 aromatic carbocycles. The largest absolute Gasteiger partial charge is 0.301 e. The molecule has 0 radical (unpaired) electrons. The summed E-state index contributed by atoms with van der Waals surface area (Å²) in [4.78, 5) is 0. The number of nitrogens with one attached hydrogen (secondary N) is 1. The predicted octanol–water partition coefficient (Wildman–Crippen LogP) is 5.92. The lowest BCUT2D eigenvalue weighted by Gasteiger charge is -2.37. The first kappa shape index (κ1) is 23.3. The molecule has 178 valence electrons. The Bertz CT molecular complexity index is 1260. The van der Waals surface area contributed by atoms with Crippen molar-refractivity contribution in [2.45, 2.75) is 31.6 Å². The molecule has 1 fully saturated rings. The summed E-state index contributed by atoms with van der Waals surface area (Å²) in [6.45, 7) is 0.736. The first-order chi connectivity index (χ1) is 16.3. The molecule has 1 heterocycles. The van der Waals surface area contributed by atoms with Crippen LogP contribution < -0.4 is 4.72 Å². The molecule has 1 atom stereocenters. The van der Waals surface area contributed by atoms with Gasteiger partial charge in [0.05, 0.1) is 0 Å². The molecule has 1 unspecified atom stereocenters. The highest BCUT2D eigenvalue weighted by molar-refractivity contribution is 7.90. The third kappa shape index (κ3) is 4.69. The van der Waals surface area contributed by atoms with Crippen LogP contribution in [0.5, 0.6) is 0 Å². The number of hydrogen-bond acceptors (Lipinski definition) is 2. The van der Waals surface area contributed by atoms with Crippen LogP contribution in [0, 0.1) is 17.6 Å². The van der Waals surface area contributed by atoms with E-state index in [-0.39, 0.29) is 23.5 Å². The normalized spacial score (nSPS) is 19.2. The van der Waals surface area contributed by atoms with Crippen LogP contribution in [0.25, 0.3) is 0 Å². The molecule has 0 aromatic heterocycles. The van der Waals surface area contributed by atoms with Crippen LogP contribution in [0.1, 0.15) is 41.0 Å². The Morgan fingerprint density at radius 2 is 1.47 bits per heavy atom. The third-order valence-electron chi connectivity index (χ3n) is 6.87. The summed E-state index contributed by atoms with van der Waals surface area (Å²) in [5, 5.41) is 0.527. The van der Waals surface area contributed by atoms with Crippen molar-refractivity contribution in [3.63, 3.8) is 0 Å². The van der Waals surface area contributed by atoms with Gasteiger partial charge in [-0.25, -0.2) is 8.78 Å². The summed E-state index contributed by atoms with van der Waals surface area (Å²) in [5.74, 6) is -0.756. The summed E-state index contributed by atoms with van der Waals surface area (Å²) >= 11 is 5.92. The van der Waals surface area contributed by atoms with Crippen molar-refractivity contribution >= 4 is 27.5 Å². The van der Waals surface area contributed by atoms with Crippen LogP contribution >= 0.6 is 11.6 Å². The van der Waals surface area contributed by atoms with Gasteiger partial charge >= 0.3 is 10.2 Å². The fraction of sp³-hybridized carbons (Fsp3) is 0.308. The minimum absolute atomic E-state index is 0.0259. The zero-order valence-electron chi connectivity index (χ0n) is 18.5. The lowest BCUT2D eigenvalue weighted by atomic mass is 9.75. The van der Waals surface area contributed by atoms with E-state index in [9.17, 15) is 17.2 Å². The summed E-state index contributed by atoms with van der Waals surface area (Å²) in [7, 11) is -3.78. The third-order valence-corrected chi connectivity index (χ3v) is 8.62. The average molecular weight is 503 g/mol. The van der Waals surface area contributed by atoms with Gasteiger partial charge in [-0.3, -0.25) is 4.72 Å². The molecule has 0 saturated carbocycles. The molecular formula is C26H25ClF2N2O2S. The first-order valence-electron chi connectivity index (χ1n) is 11.4. The summed E-state index contributed by atoms with van der Waals surface area (Å²) in [6.07, 6.45) is 2.76. The Balaban J connectivity index is 1.49. The van der Waals surface area contributed by atoms with E-state index in [0.29, 0.717) is 43.1 Å². The first-order valence-corrected chi connectivity index (χ1v) is 13.2. The van der Waals surface area contributed by atoms with E-state index in [0.717, 1.165) is 28.7 Å². The molecule has 2 aliphatic rings. The Morgan fingerprint density at radius 3 is 2.06 bits per heavy atom. The summed E-state index contributed by atoms with van der Waals surface area (Å²) in [5.41, 5.74) is 4.26. The van der Waals surface area contributed by atoms with Crippen molar-refractivity contribution in [3.05, 3.63) is 99.6 Å². The Morgan fingerprint density at radius 1 is 0.882 bits per heavy atom. The number of nitrogens with zero attached hydrogens (tertiary/aromatic N) is 1. The van der Waals surface area contributed by atoms with Crippen LogP contribution in [-0.2, 0) is 23.1 Å². The molecule has 4 nitrogen and oxygen atoms in total. The van der Waals surface area contributed by atoms with Gasteiger partial charge in [-0.15, -0.1) is 0 Å². The number of halogens is 3. The summed E-state index contributed by atoms with van der Waals surface area (Å²) < 4.78 is 58.7. The molecule has 34 heavy (non-hydrogen) atoms. The number of aryl methyl sites for hydroxylation is 2. The van der Waals surface area contributed by atoms with Gasteiger partial charge in [0.2, 0.25) is 0 Å². The van der Waals surface area contributed by atoms with Crippen LogP contribution in [0.2, 0.25) is 5.02 Å². The van der Waals surface area contributed by atoms with Crippen LogP contribution in [0.15, 0.2) is 60.7 Å². The Labute approximate surface area is 203 Å². The van der Waals surface area contributed by atoms with Crippen LogP contribution in [0.4, 0.5) is 14.5 Å². The second-order valence-corrected chi connectivity index (χ2v) is 11.1. The van der Waals surface area contributed by atoms with Gasteiger partial charge in [-0.2, -0.15) is 12.7 Å². The van der Waals surface area contributed by atoms with Gasteiger partial charge in [0.15, 0.2) is 0 Å². The molecular weight excluding hydrogens is 478 g/mol. The molecule has 0 amide bonds. The SMILES string of the molecule is O=S(=O)(Nc1ccc(Cl)cc1)N1CCCC(C2c3ccc(F)cc3CCc3cc(F)ccc32)C1. The Kier molecular flexibility index (Phi) is 6.35. The fourth-order valence-corrected chi connectivity index (χ4v) is 6.78. The van der Waals surface area contributed by atoms with E-state index in [1.807, 2.05) is 12.1 Å². The van der Waals surface area contributed by atoms with Gasteiger partial charge in [-0.1, -0.05) is 23.7 Å². The number of benzene rings is 3. The maximum atomic E-state index is 14.1. The molecule has 1 aliphatic heterocycles. The molecule has 1 saturated heterocycles. The number of hydrogen-bond donors (Lipinski definition) is 1. The second kappa shape index (κ2) is 9.29. The van der Waals surface area contributed by atoms with Crippen molar-refractivity contribution in [2.75, 3.05) is 17.8 Å². The maximum absolute atomic E-state index is 14.1. The minimum Gasteiger partial charge on any atom is -0.271 e. The van der Waals surface area contributed by atoms with Gasteiger partial charge in [0, 0.05) is 29.7 Å². The highest BCUT2D eigenvalue weighted by Gasteiger charge is 2.37. The highest BCUT2D eigenvalue weighted by atomic mass is 35.5. The van der Waals surface area contributed by atoms with Crippen molar-refractivity contribution in [3.8, 4) is 0 Å². The van der Waals surface area contributed by atoms with Crippen LogP contribution in [0.3, 0.4) is 0 Å². The van der Waals surface area contributed by atoms with E-state index >= 15 is 0 Å². The topological polar surface area (TPSA) is 49.4 Å². The minimum atomic E-state index is -3.78. The van der Waals surface area contributed by atoms with Crippen molar-refractivity contribution < 1.29 is 17.2 Å². The van der Waals surface area contributed by atoms with E-state index < -0.39 is 10.2 Å². The number of fused-ring (bicyclic) bond motifs is 2. The molecule has 1 aliphatic carbocycles.